The molecule has 0 radical (unpaired) electrons. The summed E-state index contributed by atoms with van der Waals surface area (Å²) >= 11 is 5.57. The number of carboxylic acid groups (broad SMARTS) is 1. The number of carboxylic acids is 1. The van der Waals surface area contributed by atoms with Crippen molar-refractivity contribution in [2.45, 2.75) is 13.8 Å². The SMILES string of the molecule is Cc1cc(Br)cc(C)c1-n1cc(I)cc1C(=O)O. The van der Waals surface area contributed by atoms with Crippen LogP contribution in [0.1, 0.15) is 21.6 Å². The number of aryl methyl sites for hydroxylation is 2. The van der Waals surface area contributed by atoms with Crippen LogP contribution in [0.4, 0.5) is 0 Å². The maximum atomic E-state index is 11.3. The number of benzene rings is 1. The molecule has 3 nitrogen and oxygen atoms in total. The Morgan fingerprint density at radius 2 is 1.83 bits per heavy atom. The van der Waals surface area contributed by atoms with Crippen molar-refractivity contribution in [1.29, 1.82) is 0 Å². The predicted octanol–water partition coefficient (Wildman–Crippen LogP) is 4.16. The van der Waals surface area contributed by atoms with E-state index in [4.69, 9.17) is 0 Å². The molecule has 18 heavy (non-hydrogen) atoms. The molecule has 0 atom stereocenters. The van der Waals surface area contributed by atoms with Gasteiger partial charge in [-0.25, -0.2) is 4.79 Å². The minimum atomic E-state index is -0.917. The van der Waals surface area contributed by atoms with E-state index in [1.165, 1.54) is 0 Å². The monoisotopic (exact) mass is 419 g/mol. The molecule has 0 spiro atoms. The second-order valence-corrected chi connectivity index (χ2v) is 6.27. The van der Waals surface area contributed by atoms with Gasteiger partial charge in [0, 0.05) is 14.2 Å². The Kier molecular flexibility index (Phi) is 3.82. The molecule has 0 aliphatic heterocycles. The third kappa shape index (κ3) is 2.47. The summed E-state index contributed by atoms with van der Waals surface area (Å²) in [5, 5.41) is 9.24. The number of hydrogen-bond donors (Lipinski definition) is 1. The zero-order valence-corrected chi connectivity index (χ0v) is 13.6. The van der Waals surface area contributed by atoms with Gasteiger partial charge in [0.25, 0.3) is 0 Å². The quantitative estimate of drug-likeness (QED) is 0.742. The van der Waals surface area contributed by atoms with Gasteiger partial charge in [-0.3, -0.25) is 0 Å². The molecule has 0 aliphatic carbocycles. The molecule has 2 rings (SSSR count). The first kappa shape index (κ1) is 13.6. The molecule has 5 heteroatoms. The average molecular weight is 420 g/mol. The topological polar surface area (TPSA) is 42.2 Å². The molecule has 0 fully saturated rings. The van der Waals surface area contributed by atoms with Gasteiger partial charge < -0.3 is 9.67 Å². The average Bonchev–Trinajstić information content (AvgIpc) is 2.58. The largest absolute Gasteiger partial charge is 0.477 e. The molecule has 1 aromatic carbocycles. The molecule has 1 N–H and O–H groups in total. The van der Waals surface area contributed by atoms with E-state index in [0.29, 0.717) is 0 Å². The highest BCUT2D eigenvalue weighted by Gasteiger charge is 2.16. The van der Waals surface area contributed by atoms with Crippen molar-refractivity contribution in [3.05, 3.63) is 49.3 Å². The highest BCUT2D eigenvalue weighted by molar-refractivity contribution is 14.1. The summed E-state index contributed by atoms with van der Waals surface area (Å²) < 4.78 is 3.65. The number of aromatic nitrogens is 1. The zero-order chi connectivity index (χ0) is 13.4. The number of aromatic carboxylic acids is 1. The molecule has 0 unspecified atom stereocenters. The highest BCUT2D eigenvalue weighted by Crippen LogP contribution is 2.27. The van der Waals surface area contributed by atoms with Crippen molar-refractivity contribution < 1.29 is 9.90 Å². The number of carbonyl (C=O) groups is 1. The number of rotatable bonds is 2. The van der Waals surface area contributed by atoms with E-state index in [1.54, 1.807) is 10.6 Å². The Hall–Kier alpha value is -0.820. The van der Waals surface area contributed by atoms with Crippen LogP contribution in [0.5, 0.6) is 0 Å². The van der Waals surface area contributed by atoms with Crippen LogP contribution in [0.2, 0.25) is 0 Å². The van der Waals surface area contributed by atoms with Crippen LogP contribution in [-0.4, -0.2) is 15.6 Å². The Labute approximate surface area is 127 Å². The van der Waals surface area contributed by atoms with Crippen LogP contribution < -0.4 is 0 Å². The molecule has 1 aromatic heterocycles. The molecule has 2 aromatic rings. The van der Waals surface area contributed by atoms with Gasteiger partial charge in [0.15, 0.2) is 0 Å². The third-order valence-corrected chi connectivity index (χ3v) is 3.75. The van der Waals surface area contributed by atoms with Crippen LogP contribution in [-0.2, 0) is 0 Å². The summed E-state index contributed by atoms with van der Waals surface area (Å²) in [5.41, 5.74) is 3.29. The van der Waals surface area contributed by atoms with Gasteiger partial charge >= 0.3 is 5.97 Å². The minimum Gasteiger partial charge on any atom is -0.477 e. The van der Waals surface area contributed by atoms with Crippen molar-refractivity contribution in [3.8, 4) is 5.69 Å². The molecule has 0 bridgehead atoms. The number of hydrogen-bond acceptors (Lipinski definition) is 1. The lowest BCUT2D eigenvalue weighted by molar-refractivity contribution is 0.0688. The first-order valence-electron chi connectivity index (χ1n) is 5.28. The fourth-order valence-electron chi connectivity index (χ4n) is 2.06. The molecular weight excluding hydrogens is 409 g/mol. The lowest BCUT2D eigenvalue weighted by atomic mass is 10.1. The van der Waals surface area contributed by atoms with Gasteiger partial charge in [-0.1, -0.05) is 15.9 Å². The molecule has 0 saturated carbocycles. The highest BCUT2D eigenvalue weighted by atomic mass is 127. The predicted molar refractivity (Wildman–Crippen MR) is 82.6 cm³/mol. The van der Waals surface area contributed by atoms with Gasteiger partial charge in [0.1, 0.15) is 5.69 Å². The second kappa shape index (κ2) is 5.05. The minimum absolute atomic E-state index is 0.285. The number of nitrogens with zero attached hydrogens (tertiary/aromatic N) is 1. The summed E-state index contributed by atoms with van der Waals surface area (Å²) in [7, 11) is 0. The van der Waals surface area contributed by atoms with Crippen molar-refractivity contribution in [2.75, 3.05) is 0 Å². The molecule has 0 amide bonds. The summed E-state index contributed by atoms with van der Waals surface area (Å²) in [5.74, 6) is -0.917. The van der Waals surface area contributed by atoms with E-state index >= 15 is 0 Å². The fraction of sp³-hybridized carbons (Fsp3) is 0.154. The van der Waals surface area contributed by atoms with Crippen molar-refractivity contribution >= 4 is 44.5 Å². The van der Waals surface area contributed by atoms with E-state index in [2.05, 4.69) is 38.5 Å². The molecule has 0 aliphatic rings. The van der Waals surface area contributed by atoms with Gasteiger partial charge in [-0.15, -0.1) is 0 Å². The van der Waals surface area contributed by atoms with Crippen LogP contribution in [0.3, 0.4) is 0 Å². The van der Waals surface area contributed by atoms with E-state index in [1.807, 2.05) is 32.2 Å². The van der Waals surface area contributed by atoms with Crippen LogP contribution in [0.15, 0.2) is 28.9 Å². The standard InChI is InChI=1S/C13H11BrINO2/c1-7-3-9(14)4-8(2)12(7)16-6-10(15)5-11(16)13(17)18/h3-6H,1-2H3,(H,17,18). The fourth-order valence-corrected chi connectivity index (χ4v) is 3.32. The van der Waals surface area contributed by atoms with Gasteiger partial charge in [-0.05, 0) is 65.8 Å². The van der Waals surface area contributed by atoms with Gasteiger partial charge in [-0.2, -0.15) is 0 Å². The lowest BCUT2D eigenvalue weighted by Gasteiger charge is -2.13. The third-order valence-electron chi connectivity index (χ3n) is 2.70. The normalized spacial score (nSPS) is 10.7. The summed E-state index contributed by atoms with van der Waals surface area (Å²) in [6.45, 7) is 3.96. The van der Waals surface area contributed by atoms with E-state index in [0.717, 1.165) is 24.9 Å². The van der Waals surface area contributed by atoms with Gasteiger partial charge in [0.05, 0.1) is 5.69 Å². The summed E-state index contributed by atoms with van der Waals surface area (Å²) in [6, 6.07) is 5.64. The van der Waals surface area contributed by atoms with Crippen LogP contribution >= 0.6 is 38.5 Å². The van der Waals surface area contributed by atoms with Gasteiger partial charge in [0.2, 0.25) is 0 Å². The Morgan fingerprint density at radius 1 is 1.28 bits per heavy atom. The first-order chi connectivity index (χ1) is 8.40. The van der Waals surface area contributed by atoms with E-state index in [-0.39, 0.29) is 5.69 Å². The Morgan fingerprint density at radius 3 is 2.33 bits per heavy atom. The molecule has 1 heterocycles. The molecular formula is C13H11BrINO2. The first-order valence-corrected chi connectivity index (χ1v) is 7.15. The van der Waals surface area contributed by atoms with Crippen LogP contribution in [0, 0.1) is 17.4 Å². The second-order valence-electron chi connectivity index (χ2n) is 4.11. The zero-order valence-electron chi connectivity index (χ0n) is 9.87. The van der Waals surface area contributed by atoms with Crippen molar-refractivity contribution in [2.24, 2.45) is 0 Å². The lowest BCUT2D eigenvalue weighted by Crippen LogP contribution is -2.08. The molecule has 94 valence electrons. The number of halogens is 2. The van der Waals surface area contributed by atoms with E-state index < -0.39 is 5.97 Å². The summed E-state index contributed by atoms with van der Waals surface area (Å²) in [6.07, 6.45) is 1.84. The molecule has 0 saturated heterocycles. The Balaban J connectivity index is 2.73. The van der Waals surface area contributed by atoms with E-state index in [9.17, 15) is 9.90 Å². The van der Waals surface area contributed by atoms with Crippen LogP contribution in [0.25, 0.3) is 5.69 Å². The Bertz CT molecular complexity index is 611. The summed E-state index contributed by atoms with van der Waals surface area (Å²) in [4.78, 5) is 11.3. The van der Waals surface area contributed by atoms with Crippen molar-refractivity contribution in [1.82, 2.24) is 4.57 Å². The smallest absolute Gasteiger partial charge is 0.352 e. The van der Waals surface area contributed by atoms with Crippen molar-refractivity contribution in [3.63, 3.8) is 0 Å². The maximum absolute atomic E-state index is 11.3. The maximum Gasteiger partial charge on any atom is 0.352 e.